The van der Waals surface area contributed by atoms with Gasteiger partial charge in [-0.2, -0.15) is 0 Å². The van der Waals surface area contributed by atoms with Crippen molar-refractivity contribution in [1.82, 2.24) is 14.9 Å². The van der Waals surface area contributed by atoms with E-state index in [-0.39, 0.29) is 0 Å². The van der Waals surface area contributed by atoms with Gasteiger partial charge in [0.15, 0.2) is 11.6 Å². The van der Waals surface area contributed by atoms with Gasteiger partial charge in [0.2, 0.25) is 0 Å². The molecule has 3 aliphatic rings. The molecule has 3 saturated heterocycles. The minimum absolute atomic E-state index is 0.468. The highest BCUT2D eigenvalue weighted by Gasteiger charge is 2.47. The lowest BCUT2D eigenvalue weighted by Gasteiger charge is -2.33. The number of fused-ring (bicyclic) bond motifs is 4. The van der Waals surface area contributed by atoms with Gasteiger partial charge in [-0.1, -0.05) is 6.42 Å². The van der Waals surface area contributed by atoms with E-state index in [4.69, 9.17) is 0 Å². The number of benzene rings is 1. The second-order valence-corrected chi connectivity index (χ2v) is 7.37. The summed E-state index contributed by atoms with van der Waals surface area (Å²) in [7, 11) is 0. The van der Waals surface area contributed by atoms with E-state index in [9.17, 15) is 8.78 Å². The van der Waals surface area contributed by atoms with Gasteiger partial charge in [0, 0.05) is 37.1 Å². The molecule has 4 heterocycles. The fourth-order valence-electron chi connectivity index (χ4n) is 5.02. The van der Waals surface area contributed by atoms with Crippen LogP contribution in [-0.2, 0) is 0 Å². The first-order chi connectivity index (χ1) is 11.7. The SMILES string of the molecule is Fc1cc2ncnc(N3C[C@@H]4CN5CCCC[C@@H]5[C@@H]4C3)c2cc1F. The van der Waals surface area contributed by atoms with Gasteiger partial charge in [-0.25, -0.2) is 18.7 Å². The van der Waals surface area contributed by atoms with Crippen LogP contribution in [0.1, 0.15) is 19.3 Å². The smallest absolute Gasteiger partial charge is 0.161 e. The zero-order valence-corrected chi connectivity index (χ0v) is 13.5. The van der Waals surface area contributed by atoms with Crippen LogP contribution in [0.25, 0.3) is 10.9 Å². The molecule has 6 heteroatoms. The van der Waals surface area contributed by atoms with E-state index in [1.165, 1.54) is 38.2 Å². The highest BCUT2D eigenvalue weighted by molar-refractivity contribution is 5.89. The maximum absolute atomic E-state index is 13.7. The normalized spacial score (nSPS) is 29.9. The van der Waals surface area contributed by atoms with Crippen molar-refractivity contribution in [3.05, 3.63) is 30.1 Å². The van der Waals surface area contributed by atoms with Crippen LogP contribution in [0.2, 0.25) is 0 Å². The highest BCUT2D eigenvalue weighted by Crippen LogP contribution is 2.42. The summed E-state index contributed by atoms with van der Waals surface area (Å²) < 4.78 is 27.2. The molecule has 24 heavy (non-hydrogen) atoms. The number of piperidine rings is 1. The van der Waals surface area contributed by atoms with E-state index in [0.717, 1.165) is 31.5 Å². The second kappa shape index (κ2) is 5.34. The van der Waals surface area contributed by atoms with E-state index in [0.29, 0.717) is 28.8 Å². The number of halogens is 2. The Balaban J connectivity index is 1.48. The van der Waals surface area contributed by atoms with Crippen LogP contribution < -0.4 is 4.90 Å². The lowest BCUT2D eigenvalue weighted by molar-refractivity contribution is 0.173. The van der Waals surface area contributed by atoms with Gasteiger partial charge in [0.1, 0.15) is 12.1 Å². The molecule has 2 aromatic rings. The number of anilines is 1. The Morgan fingerprint density at radius 3 is 2.79 bits per heavy atom. The van der Waals surface area contributed by atoms with Gasteiger partial charge < -0.3 is 4.90 Å². The Labute approximate surface area is 139 Å². The summed E-state index contributed by atoms with van der Waals surface area (Å²) in [4.78, 5) is 13.4. The van der Waals surface area contributed by atoms with Gasteiger partial charge in [-0.05, 0) is 37.3 Å². The standard InChI is InChI=1S/C18H20F2N4/c19-14-5-12-16(6-15(14)20)21-10-22-18(12)24-8-11-7-23-4-2-1-3-17(23)13(11)9-24/h5-6,10-11,13,17H,1-4,7-9H2/t11-,13+,17+/m0/s1. The average molecular weight is 330 g/mol. The number of hydrogen-bond donors (Lipinski definition) is 0. The first-order valence-electron chi connectivity index (χ1n) is 8.79. The average Bonchev–Trinajstić information content (AvgIpc) is 3.13. The van der Waals surface area contributed by atoms with Crippen molar-refractivity contribution in [2.75, 3.05) is 31.1 Å². The molecule has 0 bridgehead atoms. The third kappa shape index (κ3) is 2.12. The molecule has 3 aliphatic heterocycles. The van der Waals surface area contributed by atoms with Crippen LogP contribution in [0.5, 0.6) is 0 Å². The van der Waals surface area contributed by atoms with E-state index in [1.807, 2.05) is 0 Å². The predicted molar refractivity (Wildman–Crippen MR) is 87.9 cm³/mol. The molecule has 126 valence electrons. The van der Waals surface area contributed by atoms with Crippen LogP contribution in [0, 0.1) is 23.5 Å². The molecule has 1 aromatic heterocycles. The largest absolute Gasteiger partial charge is 0.355 e. The lowest BCUT2D eigenvalue weighted by atomic mass is 9.90. The van der Waals surface area contributed by atoms with Crippen LogP contribution in [0.4, 0.5) is 14.6 Å². The van der Waals surface area contributed by atoms with Crippen molar-refractivity contribution in [3.8, 4) is 0 Å². The molecule has 0 unspecified atom stereocenters. The molecule has 3 fully saturated rings. The monoisotopic (exact) mass is 330 g/mol. The van der Waals surface area contributed by atoms with E-state index < -0.39 is 11.6 Å². The zero-order chi connectivity index (χ0) is 16.3. The highest BCUT2D eigenvalue weighted by atomic mass is 19.2. The molecule has 0 N–H and O–H groups in total. The molecule has 0 radical (unpaired) electrons. The zero-order valence-electron chi connectivity index (χ0n) is 13.5. The van der Waals surface area contributed by atoms with Crippen molar-refractivity contribution in [2.24, 2.45) is 11.8 Å². The van der Waals surface area contributed by atoms with Crippen LogP contribution in [0.3, 0.4) is 0 Å². The number of hydrogen-bond acceptors (Lipinski definition) is 4. The van der Waals surface area contributed by atoms with E-state index >= 15 is 0 Å². The summed E-state index contributed by atoms with van der Waals surface area (Å²) in [5.41, 5.74) is 0.468. The van der Waals surface area contributed by atoms with E-state index in [2.05, 4.69) is 19.8 Å². The number of nitrogens with zero attached hydrogens (tertiary/aromatic N) is 4. The first-order valence-corrected chi connectivity index (χ1v) is 8.79. The Morgan fingerprint density at radius 1 is 1.00 bits per heavy atom. The second-order valence-electron chi connectivity index (χ2n) is 7.37. The van der Waals surface area contributed by atoms with Crippen molar-refractivity contribution in [1.29, 1.82) is 0 Å². The minimum Gasteiger partial charge on any atom is -0.355 e. The predicted octanol–water partition coefficient (Wildman–Crippen LogP) is 2.83. The Morgan fingerprint density at radius 2 is 1.88 bits per heavy atom. The molecule has 0 saturated carbocycles. The van der Waals surface area contributed by atoms with Gasteiger partial charge in [0.25, 0.3) is 0 Å². The van der Waals surface area contributed by atoms with Crippen molar-refractivity contribution >= 4 is 16.7 Å². The minimum atomic E-state index is -0.858. The third-order valence-electron chi connectivity index (χ3n) is 6.07. The van der Waals surface area contributed by atoms with Crippen molar-refractivity contribution in [2.45, 2.75) is 25.3 Å². The lowest BCUT2D eigenvalue weighted by Crippen LogP contribution is -2.40. The van der Waals surface area contributed by atoms with Crippen molar-refractivity contribution in [3.63, 3.8) is 0 Å². The summed E-state index contributed by atoms with van der Waals surface area (Å²) in [5, 5.41) is 0.608. The summed E-state index contributed by atoms with van der Waals surface area (Å²) in [6.07, 6.45) is 5.39. The Bertz CT molecular complexity index is 796. The van der Waals surface area contributed by atoms with Crippen molar-refractivity contribution < 1.29 is 8.78 Å². The summed E-state index contributed by atoms with van der Waals surface area (Å²) >= 11 is 0. The summed E-state index contributed by atoms with van der Waals surface area (Å²) in [5.74, 6) is 0.374. The molecular formula is C18H20F2N4. The molecule has 0 spiro atoms. The Hall–Kier alpha value is -1.82. The molecule has 1 aromatic carbocycles. The van der Waals surface area contributed by atoms with Crippen LogP contribution in [0.15, 0.2) is 18.5 Å². The fraction of sp³-hybridized carbons (Fsp3) is 0.556. The van der Waals surface area contributed by atoms with Crippen LogP contribution in [-0.4, -0.2) is 47.1 Å². The fourth-order valence-corrected chi connectivity index (χ4v) is 5.02. The topological polar surface area (TPSA) is 32.3 Å². The molecule has 3 atom stereocenters. The quantitative estimate of drug-likeness (QED) is 0.805. The maximum Gasteiger partial charge on any atom is 0.161 e. The van der Waals surface area contributed by atoms with Gasteiger partial charge >= 0.3 is 0 Å². The van der Waals surface area contributed by atoms with Crippen LogP contribution >= 0.6 is 0 Å². The molecule has 0 amide bonds. The summed E-state index contributed by atoms with van der Waals surface area (Å²) in [6, 6.07) is 3.09. The Kier molecular flexibility index (Phi) is 3.23. The molecule has 5 rings (SSSR count). The summed E-state index contributed by atoms with van der Waals surface area (Å²) in [6.45, 7) is 4.30. The molecule has 4 nitrogen and oxygen atoms in total. The number of aromatic nitrogens is 2. The first kappa shape index (κ1) is 14.5. The third-order valence-corrected chi connectivity index (χ3v) is 6.07. The molecular weight excluding hydrogens is 310 g/mol. The van der Waals surface area contributed by atoms with E-state index in [1.54, 1.807) is 0 Å². The van der Waals surface area contributed by atoms with Gasteiger partial charge in [-0.3, -0.25) is 4.90 Å². The molecule has 0 aliphatic carbocycles. The maximum atomic E-state index is 13.7. The van der Waals surface area contributed by atoms with Gasteiger partial charge in [-0.15, -0.1) is 0 Å². The van der Waals surface area contributed by atoms with Gasteiger partial charge in [0.05, 0.1) is 5.52 Å². The number of rotatable bonds is 1.